The largest absolute Gasteiger partial charge is 0.353 e. The van der Waals surface area contributed by atoms with Crippen LogP contribution in [0.5, 0.6) is 0 Å². The zero-order valence-corrected chi connectivity index (χ0v) is 14.8. The van der Waals surface area contributed by atoms with Gasteiger partial charge >= 0.3 is 0 Å². The SMILES string of the molecule is Cc1cc(=O)[nH]c(N2CCC(NC(=O)Cc3ccccc3Cl)CC2)n1. The highest BCUT2D eigenvalue weighted by atomic mass is 35.5. The van der Waals surface area contributed by atoms with E-state index < -0.39 is 0 Å². The Morgan fingerprint density at radius 3 is 2.76 bits per heavy atom. The van der Waals surface area contributed by atoms with E-state index in [9.17, 15) is 9.59 Å². The second kappa shape index (κ2) is 7.70. The average molecular weight is 361 g/mol. The summed E-state index contributed by atoms with van der Waals surface area (Å²) in [6.07, 6.45) is 1.91. The number of nitrogens with one attached hydrogen (secondary N) is 2. The molecule has 6 nitrogen and oxygen atoms in total. The second-order valence-electron chi connectivity index (χ2n) is 6.31. The van der Waals surface area contributed by atoms with E-state index in [0.717, 1.165) is 31.5 Å². The topological polar surface area (TPSA) is 78.1 Å². The van der Waals surface area contributed by atoms with Gasteiger partial charge in [0, 0.05) is 35.9 Å². The van der Waals surface area contributed by atoms with E-state index in [0.29, 0.717) is 16.7 Å². The molecule has 0 spiro atoms. The zero-order chi connectivity index (χ0) is 17.8. The first-order chi connectivity index (χ1) is 12.0. The molecule has 25 heavy (non-hydrogen) atoms. The number of carbonyl (C=O) groups excluding carboxylic acids is 1. The van der Waals surface area contributed by atoms with Crippen molar-refractivity contribution in [3.8, 4) is 0 Å². The first-order valence-electron chi connectivity index (χ1n) is 8.37. The third-order valence-electron chi connectivity index (χ3n) is 4.33. The van der Waals surface area contributed by atoms with Gasteiger partial charge in [0.2, 0.25) is 11.9 Å². The lowest BCUT2D eigenvalue weighted by Crippen LogP contribution is -2.45. The van der Waals surface area contributed by atoms with E-state index >= 15 is 0 Å². The van der Waals surface area contributed by atoms with Crippen molar-refractivity contribution in [2.75, 3.05) is 18.0 Å². The van der Waals surface area contributed by atoms with Gasteiger partial charge in [-0.05, 0) is 31.4 Å². The standard InChI is InChI=1S/C18H21ClN4O2/c1-12-10-16(24)22-18(20-12)23-8-6-14(7-9-23)21-17(25)11-13-4-2-3-5-15(13)19/h2-5,10,14H,6-9,11H2,1H3,(H,21,25)(H,20,22,24). The maximum atomic E-state index is 12.2. The van der Waals surface area contributed by atoms with Crippen molar-refractivity contribution in [1.82, 2.24) is 15.3 Å². The van der Waals surface area contributed by atoms with Gasteiger partial charge in [-0.3, -0.25) is 14.6 Å². The summed E-state index contributed by atoms with van der Waals surface area (Å²) in [7, 11) is 0. The smallest absolute Gasteiger partial charge is 0.252 e. The number of hydrogen-bond acceptors (Lipinski definition) is 4. The lowest BCUT2D eigenvalue weighted by Gasteiger charge is -2.32. The lowest BCUT2D eigenvalue weighted by atomic mass is 10.0. The molecule has 1 aliphatic rings. The zero-order valence-electron chi connectivity index (χ0n) is 14.1. The number of nitrogens with zero attached hydrogens (tertiary/aromatic N) is 2. The number of aryl methyl sites for hydroxylation is 1. The van der Waals surface area contributed by atoms with E-state index in [2.05, 4.69) is 15.3 Å². The van der Waals surface area contributed by atoms with Crippen molar-refractivity contribution < 1.29 is 4.79 Å². The molecule has 132 valence electrons. The number of anilines is 1. The van der Waals surface area contributed by atoms with Crippen LogP contribution in [0.15, 0.2) is 35.1 Å². The van der Waals surface area contributed by atoms with Gasteiger partial charge in [0.05, 0.1) is 6.42 Å². The minimum atomic E-state index is -0.141. The number of carbonyl (C=O) groups is 1. The summed E-state index contributed by atoms with van der Waals surface area (Å²) in [4.78, 5) is 33.0. The summed E-state index contributed by atoms with van der Waals surface area (Å²) < 4.78 is 0. The number of halogens is 1. The number of rotatable bonds is 4. The van der Waals surface area contributed by atoms with Gasteiger partial charge in [-0.1, -0.05) is 29.8 Å². The first-order valence-corrected chi connectivity index (χ1v) is 8.75. The van der Waals surface area contributed by atoms with Gasteiger partial charge in [0.15, 0.2) is 0 Å². The van der Waals surface area contributed by atoms with Crippen LogP contribution in [-0.4, -0.2) is 35.0 Å². The van der Waals surface area contributed by atoms with Gasteiger partial charge in [-0.2, -0.15) is 0 Å². The summed E-state index contributed by atoms with van der Waals surface area (Å²) in [6, 6.07) is 8.99. The van der Waals surface area contributed by atoms with E-state index in [-0.39, 0.29) is 23.9 Å². The molecule has 2 aromatic rings. The number of hydrogen-bond donors (Lipinski definition) is 2. The molecule has 7 heteroatoms. The van der Waals surface area contributed by atoms with Crippen molar-refractivity contribution in [1.29, 1.82) is 0 Å². The third kappa shape index (κ3) is 4.60. The van der Waals surface area contributed by atoms with Crippen LogP contribution in [0.25, 0.3) is 0 Å². The van der Waals surface area contributed by atoms with Crippen molar-refractivity contribution in [3.05, 3.63) is 57.0 Å². The maximum absolute atomic E-state index is 12.2. The lowest BCUT2D eigenvalue weighted by molar-refractivity contribution is -0.121. The Balaban J connectivity index is 1.53. The fourth-order valence-corrected chi connectivity index (χ4v) is 3.24. The van der Waals surface area contributed by atoms with Crippen molar-refractivity contribution >= 4 is 23.5 Å². The molecular formula is C18H21ClN4O2. The fraction of sp³-hybridized carbons (Fsp3) is 0.389. The molecule has 0 radical (unpaired) electrons. The molecule has 0 bridgehead atoms. The van der Waals surface area contributed by atoms with E-state index in [1.165, 1.54) is 6.07 Å². The van der Waals surface area contributed by atoms with Gasteiger partial charge in [0.1, 0.15) is 0 Å². The maximum Gasteiger partial charge on any atom is 0.252 e. The van der Waals surface area contributed by atoms with Crippen LogP contribution >= 0.6 is 11.6 Å². The number of H-pyrrole nitrogens is 1. The Labute approximate surface area is 151 Å². The van der Waals surface area contributed by atoms with Crippen LogP contribution < -0.4 is 15.8 Å². The van der Waals surface area contributed by atoms with Crippen LogP contribution in [0.4, 0.5) is 5.95 Å². The van der Waals surface area contributed by atoms with Gasteiger partial charge in [-0.25, -0.2) is 4.98 Å². The Kier molecular flexibility index (Phi) is 5.38. The van der Waals surface area contributed by atoms with Crippen molar-refractivity contribution in [2.45, 2.75) is 32.2 Å². The summed E-state index contributed by atoms with van der Waals surface area (Å²) in [5.74, 6) is 0.583. The highest BCUT2D eigenvalue weighted by molar-refractivity contribution is 6.31. The number of aromatic amines is 1. The summed E-state index contributed by atoms with van der Waals surface area (Å²) >= 11 is 6.10. The molecule has 1 aromatic carbocycles. The molecule has 2 heterocycles. The van der Waals surface area contributed by atoms with Crippen LogP contribution in [0.3, 0.4) is 0 Å². The minimum absolute atomic E-state index is 0.0198. The molecule has 0 unspecified atom stereocenters. The normalized spacial score (nSPS) is 15.2. The Morgan fingerprint density at radius 1 is 1.36 bits per heavy atom. The van der Waals surface area contributed by atoms with Gasteiger partial charge in [-0.15, -0.1) is 0 Å². The van der Waals surface area contributed by atoms with E-state index in [1.54, 1.807) is 13.0 Å². The molecule has 0 saturated carbocycles. The van der Waals surface area contributed by atoms with E-state index in [4.69, 9.17) is 11.6 Å². The Hall–Kier alpha value is -2.34. The summed E-state index contributed by atoms with van der Waals surface area (Å²) in [5, 5.41) is 3.69. The number of amides is 1. The molecule has 0 aliphatic carbocycles. The molecule has 1 amide bonds. The predicted molar refractivity (Wildman–Crippen MR) is 98.1 cm³/mol. The molecule has 1 aliphatic heterocycles. The number of benzene rings is 1. The van der Waals surface area contributed by atoms with Crippen molar-refractivity contribution in [2.24, 2.45) is 0 Å². The highest BCUT2D eigenvalue weighted by Crippen LogP contribution is 2.17. The minimum Gasteiger partial charge on any atom is -0.353 e. The predicted octanol–water partition coefficient (Wildman–Crippen LogP) is 2.06. The van der Waals surface area contributed by atoms with E-state index in [1.807, 2.05) is 23.1 Å². The highest BCUT2D eigenvalue weighted by Gasteiger charge is 2.22. The summed E-state index contributed by atoms with van der Waals surface area (Å²) in [5.41, 5.74) is 1.40. The summed E-state index contributed by atoms with van der Waals surface area (Å²) in [6.45, 7) is 3.29. The average Bonchev–Trinajstić information content (AvgIpc) is 2.57. The Morgan fingerprint density at radius 2 is 2.08 bits per heavy atom. The number of piperidine rings is 1. The molecular weight excluding hydrogens is 340 g/mol. The van der Waals surface area contributed by atoms with Gasteiger partial charge < -0.3 is 10.2 Å². The van der Waals surface area contributed by atoms with Gasteiger partial charge in [0.25, 0.3) is 5.56 Å². The molecule has 2 N–H and O–H groups in total. The fourth-order valence-electron chi connectivity index (χ4n) is 3.04. The second-order valence-corrected chi connectivity index (χ2v) is 6.71. The Bertz CT molecular complexity index is 813. The van der Waals surface area contributed by atoms with Crippen LogP contribution in [0.2, 0.25) is 5.02 Å². The van der Waals surface area contributed by atoms with Crippen LogP contribution in [0.1, 0.15) is 24.1 Å². The number of aromatic nitrogens is 2. The molecule has 1 saturated heterocycles. The van der Waals surface area contributed by atoms with Crippen LogP contribution in [-0.2, 0) is 11.2 Å². The third-order valence-corrected chi connectivity index (χ3v) is 4.69. The van der Waals surface area contributed by atoms with Crippen molar-refractivity contribution in [3.63, 3.8) is 0 Å². The van der Waals surface area contributed by atoms with Crippen LogP contribution in [0, 0.1) is 6.92 Å². The molecule has 3 rings (SSSR count). The molecule has 1 aromatic heterocycles. The monoisotopic (exact) mass is 360 g/mol. The molecule has 1 fully saturated rings. The quantitative estimate of drug-likeness (QED) is 0.874. The molecule has 0 atom stereocenters. The first kappa shape index (κ1) is 17.5.